The quantitative estimate of drug-likeness (QED) is 0.0197. The van der Waals surface area contributed by atoms with Crippen LogP contribution in [0.15, 0.2) is 60.8 Å². The molecular formula is C58H103O11P. The van der Waals surface area contributed by atoms with E-state index in [1.807, 2.05) is 0 Å². The summed E-state index contributed by atoms with van der Waals surface area (Å²) in [6.07, 6.45) is 56.1. The summed E-state index contributed by atoms with van der Waals surface area (Å²) in [4.78, 5) is 48.4. The summed E-state index contributed by atoms with van der Waals surface area (Å²) in [5, 5.41) is 9.80. The number of allylic oxidation sites excluding steroid dienone is 10. The van der Waals surface area contributed by atoms with Crippen LogP contribution in [0.25, 0.3) is 0 Å². The number of carbonyl (C=O) groups is 3. The topological polar surface area (TPSA) is 155 Å². The summed E-state index contributed by atoms with van der Waals surface area (Å²) in [5.74, 6) is -1.48. The molecule has 0 rings (SSSR count). The van der Waals surface area contributed by atoms with E-state index >= 15 is 0 Å². The molecule has 0 fully saturated rings. The second-order valence-electron chi connectivity index (χ2n) is 18.7. The van der Waals surface area contributed by atoms with Gasteiger partial charge in [0.25, 0.3) is 0 Å². The fraction of sp³-hybridized carbons (Fsp3) is 0.776. The molecule has 11 nitrogen and oxygen atoms in total. The Morgan fingerprint density at radius 3 is 1.20 bits per heavy atom. The van der Waals surface area contributed by atoms with Crippen molar-refractivity contribution in [1.29, 1.82) is 0 Å². The third-order valence-electron chi connectivity index (χ3n) is 11.9. The van der Waals surface area contributed by atoms with Crippen LogP contribution in [-0.4, -0.2) is 66.5 Å². The zero-order valence-corrected chi connectivity index (χ0v) is 45.6. The van der Waals surface area contributed by atoms with Crippen molar-refractivity contribution in [2.75, 3.05) is 26.4 Å². The number of rotatable bonds is 52. The van der Waals surface area contributed by atoms with Crippen molar-refractivity contribution < 1.29 is 52.2 Å². The Balaban J connectivity index is 4.72. The van der Waals surface area contributed by atoms with Crippen molar-refractivity contribution in [1.82, 2.24) is 0 Å². The van der Waals surface area contributed by atoms with Gasteiger partial charge in [-0.25, -0.2) is 4.57 Å². The highest BCUT2D eigenvalue weighted by Crippen LogP contribution is 2.43. The molecule has 0 aromatic carbocycles. The van der Waals surface area contributed by atoms with E-state index < -0.39 is 57.8 Å². The molecule has 0 aliphatic carbocycles. The van der Waals surface area contributed by atoms with Crippen molar-refractivity contribution in [2.45, 2.75) is 264 Å². The maximum absolute atomic E-state index is 12.9. The van der Waals surface area contributed by atoms with E-state index in [1.165, 1.54) is 70.6 Å². The molecule has 0 saturated carbocycles. The van der Waals surface area contributed by atoms with Gasteiger partial charge in [0.1, 0.15) is 12.7 Å². The number of hydrogen-bond donors (Lipinski definition) is 2. The predicted molar refractivity (Wildman–Crippen MR) is 288 cm³/mol. The summed E-state index contributed by atoms with van der Waals surface area (Å²) in [6.45, 7) is 4.45. The second kappa shape index (κ2) is 52.5. The molecule has 2 N–H and O–H groups in total. The molecule has 406 valence electrons. The fourth-order valence-electron chi connectivity index (χ4n) is 7.64. The third kappa shape index (κ3) is 50.1. The Labute approximate surface area is 427 Å². The van der Waals surface area contributed by atoms with Crippen LogP contribution >= 0.6 is 7.82 Å². The Hall–Kier alpha value is -2.82. The highest BCUT2D eigenvalue weighted by Gasteiger charge is 2.28. The monoisotopic (exact) mass is 1010 g/mol. The highest BCUT2D eigenvalue weighted by atomic mass is 31.2. The lowest BCUT2D eigenvalue weighted by Crippen LogP contribution is -2.30. The van der Waals surface area contributed by atoms with Gasteiger partial charge in [0, 0.05) is 19.3 Å². The number of ether oxygens (including phenoxy) is 3. The number of phosphoric acid groups is 1. The number of aliphatic hydroxyl groups excluding tert-OH is 1. The van der Waals surface area contributed by atoms with Crippen LogP contribution in [0.5, 0.6) is 0 Å². The molecule has 0 aromatic heterocycles. The molecule has 3 unspecified atom stereocenters. The first kappa shape index (κ1) is 67.2. The minimum absolute atomic E-state index is 0.149. The van der Waals surface area contributed by atoms with Crippen LogP contribution < -0.4 is 0 Å². The summed E-state index contributed by atoms with van der Waals surface area (Å²) < 4.78 is 39.5. The first-order valence-corrected chi connectivity index (χ1v) is 29.7. The first-order valence-electron chi connectivity index (χ1n) is 28.2. The number of phosphoric ester groups is 1. The number of unbranched alkanes of at least 4 members (excludes halogenated alkanes) is 25. The molecule has 12 heteroatoms. The van der Waals surface area contributed by atoms with Crippen LogP contribution in [0.4, 0.5) is 0 Å². The molecular weight excluding hydrogens is 904 g/mol. The van der Waals surface area contributed by atoms with Gasteiger partial charge in [-0.1, -0.05) is 216 Å². The van der Waals surface area contributed by atoms with Gasteiger partial charge in [0.05, 0.1) is 19.8 Å². The Bertz CT molecular complexity index is 1410. The molecule has 0 bridgehead atoms. The van der Waals surface area contributed by atoms with E-state index in [-0.39, 0.29) is 25.9 Å². The van der Waals surface area contributed by atoms with E-state index in [2.05, 4.69) is 81.5 Å². The van der Waals surface area contributed by atoms with Crippen molar-refractivity contribution in [3.8, 4) is 0 Å². The number of hydrogen-bond acceptors (Lipinski definition) is 10. The molecule has 0 spiro atoms. The van der Waals surface area contributed by atoms with E-state index in [0.717, 1.165) is 122 Å². The van der Waals surface area contributed by atoms with Gasteiger partial charge < -0.3 is 24.2 Å². The predicted octanol–water partition coefficient (Wildman–Crippen LogP) is 16.4. The highest BCUT2D eigenvalue weighted by molar-refractivity contribution is 7.47. The summed E-state index contributed by atoms with van der Waals surface area (Å²) in [6, 6.07) is 0. The lowest BCUT2D eigenvalue weighted by molar-refractivity contribution is -0.161. The van der Waals surface area contributed by atoms with Gasteiger partial charge in [-0.2, -0.15) is 0 Å². The third-order valence-corrected chi connectivity index (χ3v) is 12.9. The van der Waals surface area contributed by atoms with E-state index in [1.54, 1.807) is 0 Å². The van der Waals surface area contributed by atoms with Crippen molar-refractivity contribution in [3.63, 3.8) is 0 Å². The van der Waals surface area contributed by atoms with Gasteiger partial charge in [-0.05, 0) is 77.0 Å². The molecule has 70 heavy (non-hydrogen) atoms. The van der Waals surface area contributed by atoms with E-state index in [4.69, 9.17) is 23.3 Å². The Kier molecular flexibility index (Phi) is 50.4. The zero-order chi connectivity index (χ0) is 51.3. The molecule has 0 amide bonds. The molecule has 0 aliphatic rings. The SMILES string of the molecule is CC/C=C\C/C=C\C/C=C\CCCCCCCCCC(=O)OCC(COP(=O)(O)OCC(CO)OC(=O)CCCCCCCCCCCCCCC)OC(=O)CCCCCCC/C=C\C/C=C\CCC. The van der Waals surface area contributed by atoms with Gasteiger partial charge in [0.2, 0.25) is 0 Å². The zero-order valence-electron chi connectivity index (χ0n) is 44.7. The largest absolute Gasteiger partial charge is 0.472 e. The fourth-order valence-corrected chi connectivity index (χ4v) is 8.43. The number of aliphatic hydroxyl groups is 1. The molecule has 0 aliphatic heterocycles. The van der Waals surface area contributed by atoms with Gasteiger partial charge >= 0.3 is 25.7 Å². The lowest BCUT2D eigenvalue weighted by atomic mass is 10.0. The number of carbonyl (C=O) groups excluding carboxylic acids is 3. The van der Waals surface area contributed by atoms with Crippen molar-refractivity contribution in [2.24, 2.45) is 0 Å². The molecule has 0 heterocycles. The van der Waals surface area contributed by atoms with E-state index in [0.29, 0.717) is 19.3 Å². The van der Waals surface area contributed by atoms with Crippen molar-refractivity contribution in [3.05, 3.63) is 60.8 Å². The standard InChI is InChI=1S/C58H103O11P/c1-4-7-10-13-16-19-22-25-26-27-28-31-32-35-38-41-44-47-56(60)65-51-55(69-58(62)49-46-43-40-37-34-30-24-21-18-15-12-9-6-3)53-67-70(63,64)66-52-54(50-59)68-57(61)48-45-42-39-36-33-29-23-20-17-14-11-8-5-2/h7,10,12,15-16,19,21,24-26,54-55,59H,4-6,8-9,11,13-14,17-18,20,22-23,27-53H2,1-3H3,(H,63,64)/b10-7-,15-12-,19-16-,24-21-,26-25-. The van der Waals surface area contributed by atoms with Crippen LogP contribution in [0.3, 0.4) is 0 Å². The molecule has 0 aromatic rings. The maximum atomic E-state index is 12.9. The lowest BCUT2D eigenvalue weighted by Gasteiger charge is -2.21. The van der Waals surface area contributed by atoms with Crippen molar-refractivity contribution >= 4 is 25.7 Å². The van der Waals surface area contributed by atoms with Crippen LogP contribution in [0.1, 0.15) is 252 Å². The second-order valence-corrected chi connectivity index (χ2v) is 20.2. The first-order chi connectivity index (χ1) is 34.2. The molecule has 0 radical (unpaired) electrons. The number of esters is 3. The molecule has 3 atom stereocenters. The summed E-state index contributed by atoms with van der Waals surface area (Å²) in [7, 11) is -4.75. The minimum Gasteiger partial charge on any atom is -0.462 e. The van der Waals surface area contributed by atoms with E-state index in [9.17, 15) is 28.9 Å². The smallest absolute Gasteiger partial charge is 0.462 e. The normalized spacial score (nSPS) is 13.8. The van der Waals surface area contributed by atoms with Crippen LogP contribution in [-0.2, 0) is 42.2 Å². The average Bonchev–Trinajstić information content (AvgIpc) is 3.35. The average molecular weight is 1010 g/mol. The van der Waals surface area contributed by atoms with Crippen LogP contribution in [0, 0.1) is 0 Å². The summed E-state index contributed by atoms with van der Waals surface area (Å²) in [5.41, 5.74) is 0. The Morgan fingerprint density at radius 2 is 0.771 bits per heavy atom. The van der Waals surface area contributed by atoms with Gasteiger partial charge in [-0.3, -0.25) is 23.4 Å². The molecule has 0 saturated heterocycles. The maximum Gasteiger partial charge on any atom is 0.472 e. The minimum atomic E-state index is -4.75. The Morgan fingerprint density at radius 1 is 0.414 bits per heavy atom. The van der Waals surface area contributed by atoms with Gasteiger partial charge in [0.15, 0.2) is 6.10 Å². The summed E-state index contributed by atoms with van der Waals surface area (Å²) >= 11 is 0. The van der Waals surface area contributed by atoms with Gasteiger partial charge in [-0.15, -0.1) is 0 Å². The van der Waals surface area contributed by atoms with Crippen LogP contribution in [0.2, 0.25) is 0 Å².